The van der Waals surface area contributed by atoms with E-state index in [4.69, 9.17) is 0 Å². The zero-order chi connectivity index (χ0) is 10.8. The minimum Gasteiger partial charge on any atom is -0.316 e. The van der Waals surface area contributed by atoms with Crippen molar-refractivity contribution < 1.29 is 9.18 Å². The molecule has 0 atom stereocenters. The molecule has 1 heterocycles. The van der Waals surface area contributed by atoms with Crippen molar-refractivity contribution in [1.82, 2.24) is 5.32 Å². The van der Waals surface area contributed by atoms with Crippen LogP contribution in [0.5, 0.6) is 0 Å². The predicted molar refractivity (Wildman–Crippen MR) is 56.4 cm³/mol. The predicted octanol–water partition coefficient (Wildman–Crippen LogP) is 1.93. The van der Waals surface area contributed by atoms with E-state index in [1.807, 2.05) is 0 Å². The Morgan fingerprint density at radius 1 is 1.47 bits per heavy atom. The molecular formula is C12H14FNO. The fraction of sp³-hybridized carbons (Fsp3) is 0.417. The first-order valence-electron chi connectivity index (χ1n) is 5.16. The highest BCUT2D eigenvalue weighted by Gasteiger charge is 2.21. The fourth-order valence-corrected chi connectivity index (χ4v) is 1.77. The molecule has 0 bridgehead atoms. The molecule has 1 aromatic rings. The molecule has 0 aliphatic carbocycles. The lowest BCUT2D eigenvalue weighted by molar-refractivity contribution is 0.0945. The number of ketones is 1. The van der Waals surface area contributed by atoms with Gasteiger partial charge in [0, 0.05) is 12.0 Å². The van der Waals surface area contributed by atoms with Gasteiger partial charge in [-0.3, -0.25) is 4.79 Å². The third-order valence-corrected chi connectivity index (χ3v) is 2.70. The molecule has 15 heavy (non-hydrogen) atoms. The normalized spacial score (nSPS) is 16.1. The van der Waals surface area contributed by atoms with E-state index in [1.165, 1.54) is 12.1 Å². The Bertz CT molecular complexity index is 365. The number of halogens is 1. The second-order valence-corrected chi connectivity index (χ2v) is 4.17. The topological polar surface area (TPSA) is 29.1 Å². The van der Waals surface area contributed by atoms with Gasteiger partial charge < -0.3 is 5.32 Å². The summed E-state index contributed by atoms with van der Waals surface area (Å²) in [5, 5.41) is 3.11. The molecule has 0 saturated carbocycles. The molecule has 1 aliphatic heterocycles. The Hall–Kier alpha value is -1.22. The summed E-state index contributed by atoms with van der Waals surface area (Å²) < 4.78 is 13.1. The van der Waals surface area contributed by atoms with Gasteiger partial charge >= 0.3 is 0 Å². The number of aryl methyl sites for hydroxylation is 1. The quantitative estimate of drug-likeness (QED) is 0.767. The number of Topliss-reactive ketones (excluding diaryl/α,β-unsaturated/α-hetero) is 1. The van der Waals surface area contributed by atoms with E-state index in [-0.39, 0.29) is 11.6 Å². The van der Waals surface area contributed by atoms with Crippen LogP contribution in [0.15, 0.2) is 18.2 Å². The maximum Gasteiger partial charge on any atom is 0.163 e. The van der Waals surface area contributed by atoms with Crippen LogP contribution in [0.2, 0.25) is 0 Å². The van der Waals surface area contributed by atoms with Crippen LogP contribution in [0.1, 0.15) is 22.3 Å². The van der Waals surface area contributed by atoms with Crippen molar-refractivity contribution in [3.8, 4) is 0 Å². The average molecular weight is 207 g/mol. The molecule has 3 heteroatoms. The number of carbonyl (C=O) groups excluding carboxylic acids is 1. The summed E-state index contributed by atoms with van der Waals surface area (Å²) in [4.78, 5) is 11.8. The van der Waals surface area contributed by atoms with Gasteiger partial charge in [0.15, 0.2) is 5.78 Å². The lowest BCUT2D eigenvalue weighted by Crippen LogP contribution is -2.42. The maximum absolute atomic E-state index is 13.1. The summed E-state index contributed by atoms with van der Waals surface area (Å²) >= 11 is 0. The third kappa shape index (κ3) is 2.42. The molecule has 2 nitrogen and oxygen atoms in total. The summed E-state index contributed by atoms with van der Waals surface area (Å²) in [6, 6.07) is 4.50. The Labute approximate surface area is 88.5 Å². The minimum absolute atomic E-state index is 0.0455. The smallest absolute Gasteiger partial charge is 0.163 e. The Balaban J connectivity index is 2.10. The van der Waals surface area contributed by atoms with E-state index in [9.17, 15) is 9.18 Å². The molecule has 80 valence electrons. The number of carbonyl (C=O) groups is 1. The van der Waals surface area contributed by atoms with E-state index in [0.717, 1.165) is 18.7 Å². The molecule has 1 N–H and O–H groups in total. The summed E-state index contributed by atoms with van der Waals surface area (Å²) in [5.41, 5.74) is 1.30. The van der Waals surface area contributed by atoms with Gasteiger partial charge in [0.25, 0.3) is 0 Å². The number of rotatable bonds is 3. The summed E-state index contributed by atoms with van der Waals surface area (Å²) in [6.07, 6.45) is 0.524. The summed E-state index contributed by atoms with van der Waals surface area (Å²) in [5.74, 6) is 0.148. The van der Waals surface area contributed by atoms with Gasteiger partial charge in [-0.05, 0) is 49.7 Å². The maximum atomic E-state index is 13.1. The van der Waals surface area contributed by atoms with Gasteiger partial charge in [-0.25, -0.2) is 4.39 Å². The number of nitrogens with one attached hydrogen (secondary N) is 1. The highest BCUT2D eigenvalue weighted by atomic mass is 19.1. The summed E-state index contributed by atoms with van der Waals surface area (Å²) in [6.45, 7) is 3.60. The van der Waals surface area contributed by atoms with E-state index >= 15 is 0 Å². The molecule has 0 unspecified atom stereocenters. The monoisotopic (exact) mass is 207 g/mol. The highest BCUT2D eigenvalue weighted by Crippen LogP contribution is 2.15. The zero-order valence-corrected chi connectivity index (χ0v) is 8.72. The Morgan fingerprint density at radius 3 is 2.73 bits per heavy atom. The first kappa shape index (κ1) is 10.3. The van der Waals surface area contributed by atoms with Crippen molar-refractivity contribution in [3.05, 3.63) is 35.1 Å². The zero-order valence-electron chi connectivity index (χ0n) is 8.72. The second kappa shape index (κ2) is 4.11. The molecule has 0 aromatic heterocycles. The van der Waals surface area contributed by atoms with Crippen LogP contribution in [-0.4, -0.2) is 18.9 Å². The molecule has 1 aliphatic rings. The van der Waals surface area contributed by atoms with Gasteiger partial charge in [-0.1, -0.05) is 0 Å². The van der Waals surface area contributed by atoms with Crippen molar-refractivity contribution in [2.75, 3.05) is 13.1 Å². The first-order valence-corrected chi connectivity index (χ1v) is 5.16. The average Bonchev–Trinajstić information content (AvgIpc) is 2.09. The van der Waals surface area contributed by atoms with E-state index in [1.54, 1.807) is 13.0 Å². The van der Waals surface area contributed by atoms with Crippen molar-refractivity contribution >= 4 is 5.78 Å². The van der Waals surface area contributed by atoms with Crippen LogP contribution in [0, 0.1) is 18.7 Å². The lowest BCUT2D eigenvalue weighted by Gasteiger charge is -2.26. The largest absolute Gasteiger partial charge is 0.316 e. The van der Waals surface area contributed by atoms with Gasteiger partial charge in [0.1, 0.15) is 5.82 Å². The van der Waals surface area contributed by atoms with Crippen molar-refractivity contribution in [2.45, 2.75) is 13.3 Å². The number of benzene rings is 1. The molecule has 2 rings (SSSR count). The first-order chi connectivity index (χ1) is 7.15. The van der Waals surface area contributed by atoms with E-state index in [0.29, 0.717) is 17.9 Å². The minimum atomic E-state index is -0.329. The Morgan fingerprint density at radius 2 is 2.20 bits per heavy atom. The molecule has 1 fully saturated rings. The standard InChI is InChI=1S/C12H14FNO/c1-8-2-10(5-11(13)3-8)12(15)4-9-6-14-7-9/h2-3,5,9,14H,4,6-7H2,1H3. The van der Waals surface area contributed by atoms with Crippen LogP contribution >= 0.6 is 0 Å². The number of hydrogen-bond donors (Lipinski definition) is 1. The van der Waals surface area contributed by atoms with Crippen LogP contribution in [0.4, 0.5) is 4.39 Å². The Kier molecular flexibility index (Phi) is 2.82. The van der Waals surface area contributed by atoms with Gasteiger partial charge in [0.2, 0.25) is 0 Å². The van der Waals surface area contributed by atoms with E-state index < -0.39 is 0 Å². The molecule has 1 saturated heterocycles. The SMILES string of the molecule is Cc1cc(F)cc(C(=O)CC2CNC2)c1. The summed E-state index contributed by atoms with van der Waals surface area (Å²) in [7, 11) is 0. The molecular weight excluding hydrogens is 193 g/mol. The molecule has 1 aromatic carbocycles. The van der Waals surface area contributed by atoms with Crippen LogP contribution in [0.3, 0.4) is 0 Å². The molecule has 0 spiro atoms. The van der Waals surface area contributed by atoms with Crippen LogP contribution in [-0.2, 0) is 0 Å². The fourth-order valence-electron chi connectivity index (χ4n) is 1.77. The van der Waals surface area contributed by atoms with Crippen LogP contribution in [0.25, 0.3) is 0 Å². The van der Waals surface area contributed by atoms with Crippen LogP contribution < -0.4 is 5.32 Å². The molecule has 0 radical (unpaired) electrons. The van der Waals surface area contributed by atoms with Crippen molar-refractivity contribution in [1.29, 1.82) is 0 Å². The lowest BCUT2D eigenvalue weighted by atomic mass is 9.93. The molecule has 0 amide bonds. The third-order valence-electron chi connectivity index (χ3n) is 2.70. The number of hydrogen-bond acceptors (Lipinski definition) is 2. The van der Waals surface area contributed by atoms with Gasteiger partial charge in [-0.15, -0.1) is 0 Å². The second-order valence-electron chi connectivity index (χ2n) is 4.17. The van der Waals surface area contributed by atoms with E-state index in [2.05, 4.69) is 5.32 Å². The van der Waals surface area contributed by atoms with Gasteiger partial charge in [-0.2, -0.15) is 0 Å². The van der Waals surface area contributed by atoms with Gasteiger partial charge in [0.05, 0.1) is 0 Å². The van der Waals surface area contributed by atoms with Crippen molar-refractivity contribution in [3.63, 3.8) is 0 Å². The van der Waals surface area contributed by atoms with Crippen molar-refractivity contribution in [2.24, 2.45) is 5.92 Å². The highest BCUT2D eigenvalue weighted by molar-refractivity contribution is 5.96.